The van der Waals surface area contributed by atoms with Crippen LogP contribution in [0.2, 0.25) is 0 Å². The minimum absolute atomic E-state index is 0.189. The van der Waals surface area contributed by atoms with Crippen molar-refractivity contribution >= 4 is 0 Å². The third kappa shape index (κ3) is 3.42. The number of rotatable bonds is 6. The Kier molecular flexibility index (Phi) is 5.23. The summed E-state index contributed by atoms with van der Waals surface area (Å²) in [6.07, 6.45) is 3.88. The lowest BCUT2D eigenvalue weighted by molar-refractivity contribution is -0.936. The van der Waals surface area contributed by atoms with Crippen molar-refractivity contribution in [3.63, 3.8) is 0 Å². The molecule has 0 radical (unpaired) electrons. The van der Waals surface area contributed by atoms with E-state index in [1.807, 2.05) is 30.3 Å². The second-order valence-electron chi connectivity index (χ2n) is 7.22. The molecule has 0 spiro atoms. The van der Waals surface area contributed by atoms with E-state index in [0.717, 1.165) is 41.7 Å². The van der Waals surface area contributed by atoms with E-state index >= 15 is 0 Å². The first-order valence-corrected chi connectivity index (χ1v) is 8.98. The minimum Gasteiger partial charge on any atom is -0.504 e. The second-order valence-corrected chi connectivity index (χ2v) is 7.22. The molecule has 1 aliphatic rings. The SMILES string of the molecule is C=CC[N@+]1(C)CCc2cc(OC)ccc2[C@@H]1Cc1ccc(OC)c(O)c1. The van der Waals surface area contributed by atoms with Gasteiger partial charge in [0.25, 0.3) is 0 Å². The van der Waals surface area contributed by atoms with E-state index in [4.69, 9.17) is 9.47 Å². The average molecular weight is 354 g/mol. The first kappa shape index (κ1) is 18.3. The molecule has 0 unspecified atom stereocenters. The smallest absolute Gasteiger partial charge is 0.160 e. The Hall–Kier alpha value is -2.46. The number of hydrogen-bond acceptors (Lipinski definition) is 3. The molecule has 4 nitrogen and oxygen atoms in total. The number of benzene rings is 2. The summed E-state index contributed by atoms with van der Waals surface area (Å²) < 4.78 is 11.5. The topological polar surface area (TPSA) is 38.7 Å². The summed E-state index contributed by atoms with van der Waals surface area (Å²) in [5.74, 6) is 1.60. The van der Waals surface area contributed by atoms with Gasteiger partial charge in [-0.2, -0.15) is 0 Å². The van der Waals surface area contributed by atoms with Crippen molar-refractivity contribution in [2.45, 2.75) is 18.9 Å². The number of phenolic OH excluding ortho intramolecular Hbond substituents is 1. The van der Waals surface area contributed by atoms with Crippen molar-refractivity contribution in [1.29, 1.82) is 0 Å². The Morgan fingerprint density at radius 1 is 1.19 bits per heavy atom. The maximum absolute atomic E-state index is 10.2. The summed E-state index contributed by atoms with van der Waals surface area (Å²) in [5, 5.41) is 10.2. The maximum atomic E-state index is 10.2. The summed E-state index contributed by atoms with van der Waals surface area (Å²) >= 11 is 0. The van der Waals surface area contributed by atoms with E-state index in [9.17, 15) is 5.11 Å². The average Bonchev–Trinajstić information content (AvgIpc) is 2.64. The van der Waals surface area contributed by atoms with Gasteiger partial charge in [0.15, 0.2) is 11.5 Å². The minimum atomic E-state index is 0.189. The van der Waals surface area contributed by atoms with Gasteiger partial charge in [-0.15, -0.1) is 0 Å². The number of fused-ring (bicyclic) bond motifs is 1. The fourth-order valence-corrected chi connectivity index (χ4v) is 4.05. The van der Waals surface area contributed by atoms with Crippen molar-refractivity contribution in [1.82, 2.24) is 0 Å². The molecule has 0 saturated heterocycles. The van der Waals surface area contributed by atoms with Gasteiger partial charge < -0.3 is 19.1 Å². The van der Waals surface area contributed by atoms with E-state index in [1.165, 1.54) is 11.1 Å². The predicted octanol–water partition coefficient (Wildman–Crippen LogP) is 3.88. The molecule has 1 heterocycles. The molecule has 0 fully saturated rings. The Balaban J connectivity index is 2.00. The van der Waals surface area contributed by atoms with Gasteiger partial charge in [-0.25, -0.2) is 0 Å². The predicted molar refractivity (Wildman–Crippen MR) is 104 cm³/mol. The normalized spacial score (nSPS) is 21.7. The quantitative estimate of drug-likeness (QED) is 0.632. The highest BCUT2D eigenvalue weighted by molar-refractivity contribution is 5.43. The summed E-state index contributed by atoms with van der Waals surface area (Å²) in [6, 6.07) is 12.4. The van der Waals surface area contributed by atoms with E-state index in [0.29, 0.717) is 11.8 Å². The molecule has 3 rings (SSSR count). The molecule has 1 aliphatic heterocycles. The highest BCUT2D eigenvalue weighted by atomic mass is 16.5. The van der Waals surface area contributed by atoms with Crippen LogP contribution in [0.3, 0.4) is 0 Å². The van der Waals surface area contributed by atoms with Crippen LogP contribution in [0.1, 0.15) is 22.7 Å². The molecule has 0 saturated carbocycles. The third-order valence-corrected chi connectivity index (χ3v) is 5.57. The second kappa shape index (κ2) is 7.42. The molecule has 138 valence electrons. The van der Waals surface area contributed by atoms with Crippen LogP contribution in [0.5, 0.6) is 17.2 Å². The van der Waals surface area contributed by atoms with Gasteiger partial charge in [0.1, 0.15) is 11.8 Å². The number of quaternary nitrogens is 1. The van der Waals surface area contributed by atoms with Gasteiger partial charge in [-0.05, 0) is 47.5 Å². The lowest BCUT2D eigenvalue weighted by Crippen LogP contribution is -2.52. The molecular formula is C22H28NO3+. The van der Waals surface area contributed by atoms with Crippen LogP contribution in [-0.4, -0.2) is 43.9 Å². The van der Waals surface area contributed by atoms with Gasteiger partial charge in [-0.1, -0.05) is 12.6 Å². The van der Waals surface area contributed by atoms with Crippen LogP contribution in [0.4, 0.5) is 0 Å². The first-order chi connectivity index (χ1) is 12.5. The number of ether oxygens (including phenoxy) is 2. The lowest BCUT2D eigenvalue weighted by Gasteiger charge is -2.45. The summed E-state index contributed by atoms with van der Waals surface area (Å²) in [4.78, 5) is 0. The molecule has 0 aromatic heterocycles. The molecule has 0 amide bonds. The number of methoxy groups -OCH3 is 2. The lowest BCUT2D eigenvalue weighted by atomic mass is 9.86. The van der Waals surface area contributed by atoms with Crippen molar-refractivity contribution in [2.24, 2.45) is 0 Å². The molecule has 4 heteroatoms. The van der Waals surface area contributed by atoms with Gasteiger partial charge in [0, 0.05) is 18.4 Å². The molecular weight excluding hydrogens is 326 g/mol. The van der Waals surface area contributed by atoms with Crippen molar-refractivity contribution in [3.8, 4) is 17.2 Å². The number of likely N-dealkylation sites (N-methyl/N-ethyl adjacent to an activating group) is 1. The molecule has 2 aromatic carbocycles. The third-order valence-electron chi connectivity index (χ3n) is 5.57. The summed E-state index contributed by atoms with van der Waals surface area (Å²) in [7, 11) is 5.57. The molecule has 26 heavy (non-hydrogen) atoms. The zero-order valence-corrected chi connectivity index (χ0v) is 15.9. The molecule has 2 aromatic rings. The van der Waals surface area contributed by atoms with Crippen molar-refractivity contribution in [3.05, 3.63) is 65.7 Å². The Morgan fingerprint density at radius 3 is 2.65 bits per heavy atom. The maximum Gasteiger partial charge on any atom is 0.160 e. The Morgan fingerprint density at radius 2 is 2.00 bits per heavy atom. The fraction of sp³-hybridized carbons (Fsp3) is 0.364. The number of hydrogen-bond donors (Lipinski definition) is 1. The van der Waals surface area contributed by atoms with Crippen LogP contribution in [-0.2, 0) is 12.8 Å². The zero-order valence-electron chi connectivity index (χ0n) is 15.9. The summed E-state index contributed by atoms with van der Waals surface area (Å²) in [5.41, 5.74) is 3.81. The van der Waals surface area contributed by atoms with E-state index in [-0.39, 0.29) is 5.75 Å². The number of nitrogens with zero attached hydrogens (tertiary/aromatic N) is 1. The van der Waals surface area contributed by atoms with Gasteiger partial charge >= 0.3 is 0 Å². The van der Waals surface area contributed by atoms with Crippen LogP contribution in [0, 0.1) is 0 Å². The van der Waals surface area contributed by atoms with Crippen LogP contribution >= 0.6 is 0 Å². The highest BCUT2D eigenvalue weighted by Gasteiger charge is 2.38. The van der Waals surface area contributed by atoms with Gasteiger partial charge in [0.2, 0.25) is 0 Å². The highest BCUT2D eigenvalue weighted by Crippen LogP contribution is 2.39. The summed E-state index contributed by atoms with van der Waals surface area (Å²) in [6.45, 7) is 5.94. The molecule has 0 aliphatic carbocycles. The van der Waals surface area contributed by atoms with E-state index in [2.05, 4.69) is 25.8 Å². The molecule has 1 N–H and O–H groups in total. The molecule has 2 atom stereocenters. The van der Waals surface area contributed by atoms with E-state index in [1.54, 1.807) is 14.2 Å². The number of aromatic hydroxyl groups is 1. The first-order valence-electron chi connectivity index (χ1n) is 8.98. The van der Waals surface area contributed by atoms with Crippen LogP contribution in [0.15, 0.2) is 49.1 Å². The monoisotopic (exact) mass is 354 g/mol. The van der Waals surface area contributed by atoms with Gasteiger partial charge in [0.05, 0.1) is 34.4 Å². The number of phenols is 1. The van der Waals surface area contributed by atoms with Gasteiger partial charge in [-0.3, -0.25) is 0 Å². The standard InChI is InChI=1S/C22H27NO3/c1-5-11-23(2)12-10-17-15-18(25-3)7-8-19(17)20(23)13-16-6-9-22(26-4)21(24)14-16/h5-9,14-15,20H,1,10-13H2,2-4H3/p+1/t20-,23+/m0/s1. The molecule has 0 bridgehead atoms. The van der Waals surface area contributed by atoms with Crippen molar-refractivity contribution < 1.29 is 19.1 Å². The Bertz CT molecular complexity index is 802. The van der Waals surface area contributed by atoms with Crippen molar-refractivity contribution in [2.75, 3.05) is 34.4 Å². The zero-order chi connectivity index (χ0) is 18.7. The van der Waals surface area contributed by atoms with Crippen LogP contribution < -0.4 is 9.47 Å². The largest absolute Gasteiger partial charge is 0.504 e. The Labute approximate surface area is 155 Å². The fourth-order valence-electron chi connectivity index (χ4n) is 4.05. The van der Waals surface area contributed by atoms with E-state index < -0.39 is 0 Å². The van der Waals surface area contributed by atoms with Crippen LogP contribution in [0.25, 0.3) is 0 Å².